The topological polar surface area (TPSA) is 21.3 Å². The number of nitrogens with one attached hydrogen (secondary N) is 1. The van der Waals surface area contributed by atoms with Gasteiger partial charge in [-0.05, 0) is 49.8 Å². The zero-order valence-corrected chi connectivity index (χ0v) is 11.7. The van der Waals surface area contributed by atoms with Gasteiger partial charge in [0.15, 0.2) is 0 Å². The minimum Gasteiger partial charge on any atom is -0.385 e. The van der Waals surface area contributed by atoms with Gasteiger partial charge in [-0.1, -0.05) is 29.8 Å². The number of halogens is 1. The molecule has 2 rings (SSSR count). The quantitative estimate of drug-likeness (QED) is 0.762. The van der Waals surface area contributed by atoms with Gasteiger partial charge in [0, 0.05) is 24.8 Å². The van der Waals surface area contributed by atoms with Crippen LogP contribution >= 0.6 is 11.6 Å². The van der Waals surface area contributed by atoms with E-state index in [4.69, 9.17) is 16.3 Å². The molecule has 1 aromatic carbocycles. The van der Waals surface area contributed by atoms with E-state index in [1.54, 1.807) is 7.11 Å². The van der Waals surface area contributed by atoms with E-state index >= 15 is 0 Å². The van der Waals surface area contributed by atoms with Crippen LogP contribution in [0.25, 0.3) is 0 Å². The van der Waals surface area contributed by atoms with Crippen molar-refractivity contribution < 1.29 is 4.74 Å². The summed E-state index contributed by atoms with van der Waals surface area (Å²) in [7, 11) is 1.76. The highest BCUT2D eigenvalue weighted by molar-refractivity contribution is 6.31. The lowest BCUT2D eigenvalue weighted by atomic mass is 9.76. The maximum atomic E-state index is 6.21. The summed E-state index contributed by atoms with van der Waals surface area (Å²) in [6.07, 6.45) is 4.77. The normalized spacial score (nSPS) is 22.8. The Morgan fingerprint density at radius 1 is 1.28 bits per heavy atom. The van der Waals surface area contributed by atoms with Crippen LogP contribution in [-0.2, 0) is 4.74 Å². The molecule has 1 aliphatic carbocycles. The molecule has 0 bridgehead atoms. The van der Waals surface area contributed by atoms with Crippen LogP contribution in [-0.4, -0.2) is 26.3 Å². The maximum Gasteiger partial charge on any atom is 0.0462 e. The van der Waals surface area contributed by atoms with Crippen molar-refractivity contribution in [2.24, 2.45) is 0 Å². The second kappa shape index (κ2) is 7.13. The lowest BCUT2D eigenvalue weighted by Crippen LogP contribution is -2.40. The van der Waals surface area contributed by atoms with Crippen molar-refractivity contribution in [3.63, 3.8) is 0 Å². The van der Waals surface area contributed by atoms with Gasteiger partial charge < -0.3 is 10.1 Å². The molecule has 1 aliphatic rings. The molecule has 0 saturated heterocycles. The summed E-state index contributed by atoms with van der Waals surface area (Å²) in [6, 6.07) is 8.89. The number of hydrogen-bond acceptors (Lipinski definition) is 2. The number of unbranched alkanes of at least 4 members (excludes halogenated alkanes) is 1. The van der Waals surface area contributed by atoms with Crippen molar-refractivity contribution in [3.05, 3.63) is 34.9 Å². The molecule has 1 saturated carbocycles. The average Bonchev–Trinajstić information content (AvgIpc) is 2.33. The molecule has 1 fully saturated rings. The van der Waals surface area contributed by atoms with Gasteiger partial charge in [0.2, 0.25) is 0 Å². The Morgan fingerprint density at radius 3 is 2.78 bits per heavy atom. The summed E-state index contributed by atoms with van der Waals surface area (Å²) in [5, 5.41) is 4.52. The fourth-order valence-corrected chi connectivity index (χ4v) is 2.81. The number of rotatable bonds is 7. The first-order chi connectivity index (χ1) is 8.81. The van der Waals surface area contributed by atoms with Gasteiger partial charge in [-0.15, -0.1) is 0 Å². The Bertz CT molecular complexity index is 363. The van der Waals surface area contributed by atoms with Crippen LogP contribution in [0.3, 0.4) is 0 Å². The SMILES string of the molecule is COCCCCNC1CC(c2ccccc2Cl)C1. The van der Waals surface area contributed by atoms with Crippen LogP contribution in [0.1, 0.15) is 37.2 Å². The highest BCUT2D eigenvalue weighted by atomic mass is 35.5. The lowest BCUT2D eigenvalue weighted by molar-refractivity contribution is 0.191. The molecule has 0 spiro atoms. The van der Waals surface area contributed by atoms with Gasteiger partial charge in [-0.25, -0.2) is 0 Å². The molecule has 18 heavy (non-hydrogen) atoms. The Kier molecular flexibility index (Phi) is 5.48. The summed E-state index contributed by atoms with van der Waals surface area (Å²) >= 11 is 6.21. The molecule has 100 valence electrons. The molecule has 1 aromatic rings. The van der Waals surface area contributed by atoms with Crippen LogP contribution in [0, 0.1) is 0 Å². The molecule has 0 atom stereocenters. The first-order valence-electron chi connectivity index (χ1n) is 6.78. The van der Waals surface area contributed by atoms with Crippen molar-refractivity contribution in [2.75, 3.05) is 20.3 Å². The third kappa shape index (κ3) is 3.71. The van der Waals surface area contributed by atoms with E-state index in [1.165, 1.54) is 24.8 Å². The molecule has 0 amide bonds. The van der Waals surface area contributed by atoms with Gasteiger partial charge in [-0.2, -0.15) is 0 Å². The summed E-state index contributed by atoms with van der Waals surface area (Å²) in [4.78, 5) is 0. The lowest BCUT2D eigenvalue weighted by Gasteiger charge is -2.36. The van der Waals surface area contributed by atoms with Gasteiger partial charge >= 0.3 is 0 Å². The van der Waals surface area contributed by atoms with Crippen LogP contribution in [0.5, 0.6) is 0 Å². The zero-order valence-electron chi connectivity index (χ0n) is 11.0. The second-order valence-corrected chi connectivity index (χ2v) is 5.45. The van der Waals surface area contributed by atoms with Crippen LogP contribution in [0.15, 0.2) is 24.3 Å². The van der Waals surface area contributed by atoms with Gasteiger partial charge in [0.1, 0.15) is 0 Å². The monoisotopic (exact) mass is 267 g/mol. The molecule has 0 heterocycles. The number of benzene rings is 1. The molecular formula is C15H22ClNO. The van der Waals surface area contributed by atoms with E-state index in [2.05, 4.69) is 17.4 Å². The molecular weight excluding hydrogens is 246 g/mol. The summed E-state index contributed by atoms with van der Waals surface area (Å²) < 4.78 is 5.03. The van der Waals surface area contributed by atoms with Crippen molar-refractivity contribution in [3.8, 4) is 0 Å². The predicted octanol–water partition coefficient (Wildman–Crippen LogP) is 3.60. The minimum absolute atomic E-state index is 0.648. The van der Waals surface area contributed by atoms with E-state index in [0.717, 1.165) is 24.6 Å². The van der Waals surface area contributed by atoms with E-state index < -0.39 is 0 Å². The molecule has 2 nitrogen and oxygen atoms in total. The average molecular weight is 268 g/mol. The molecule has 0 radical (unpaired) electrons. The van der Waals surface area contributed by atoms with Crippen molar-refractivity contribution >= 4 is 11.6 Å². The number of methoxy groups -OCH3 is 1. The zero-order chi connectivity index (χ0) is 12.8. The minimum atomic E-state index is 0.648. The fraction of sp³-hybridized carbons (Fsp3) is 0.600. The number of hydrogen-bond donors (Lipinski definition) is 1. The maximum absolute atomic E-state index is 6.21. The predicted molar refractivity (Wildman–Crippen MR) is 76.3 cm³/mol. The Hall–Kier alpha value is -0.570. The van der Waals surface area contributed by atoms with Crippen LogP contribution in [0.4, 0.5) is 0 Å². The smallest absolute Gasteiger partial charge is 0.0462 e. The molecule has 3 heteroatoms. The number of ether oxygens (including phenoxy) is 1. The first-order valence-corrected chi connectivity index (χ1v) is 7.16. The molecule has 0 unspecified atom stereocenters. The van der Waals surface area contributed by atoms with Crippen molar-refractivity contribution in [1.82, 2.24) is 5.32 Å². The highest BCUT2D eigenvalue weighted by Crippen LogP contribution is 2.39. The third-order valence-corrected chi connectivity index (χ3v) is 4.04. The first kappa shape index (κ1) is 13.9. The highest BCUT2D eigenvalue weighted by Gasteiger charge is 2.30. The van der Waals surface area contributed by atoms with E-state index in [0.29, 0.717) is 12.0 Å². The molecule has 1 N–H and O–H groups in total. The fourth-order valence-electron chi connectivity index (χ4n) is 2.52. The van der Waals surface area contributed by atoms with Crippen LogP contribution in [0.2, 0.25) is 5.02 Å². The third-order valence-electron chi connectivity index (χ3n) is 3.69. The summed E-state index contributed by atoms with van der Waals surface area (Å²) in [6.45, 7) is 1.97. The van der Waals surface area contributed by atoms with Crippen LogP contribution < -0.4 is 5.32 Å². The second-order valence-electron chi connectivity index (χ2n) is 5.04. The van der Waals surface area contributed by atoms with E-state index in [1.807, 2.05) is 12.1 Å². The van der Waals surface area contributed by atoms with Gasteiger partial charge in [0.05, 0.1) is 0 Å². The van der Waals surface area contributed by atoms with Gasteiger partial charge in [0.25, 0.3) is 0 Å². The van der Waals surface area contributed by atoms with Gasteiger partial charge in [-0.3, -0.25) is 0 Å². The van der Waals surface area contributed by atoms with E-state index in [9.17, 15) is 0 Å². The standard InChI is InChI=1S/C15H22ClNO/c1-18-9-5-4-8-17-13-10-12(11-13)14-6-2-3-7-15(14)16/h2-3,6-7,12-13,17H,4-5,8-11H2,1H3. The van der Waals surface area contributed by atoms with Crippen molar-refractivity contribution in [2.45, 2.75) is 37.6 Å². The molecule has 0 aliphatic heterocycles. The van der Waals surface area contributed by atoms with E-state index in [-0.39, 0.29) is 0 Å². The summed E-state index contributed by atoms with van der Waals surface area (Å²) in [5.41, 5.74) is 1.32. The summed E-state index contributed by atoms with van der Waals surface area (Å²) in [5.74, 6) is 0.648. The Balaban J connectivity index is 1.64. The Morgan fingerprint density at radius 2 is 2.06 bits per heavy atom. The largest absolute Gasteiger partial charge is 0.385 e. The molecule has 0 aromatic heterocycles. The van der Waals surface area contributed by atoms with Crippen molar-refractivity contribution in [1.29, 1.82) is 0 Å². The Labute approximate surface area is 115 Å².